The second-order valence-corrected chi connectivity index (χ2v) is 5.64. The molecule has 0 spiro atoms. The van der Waals surface area contributed by atoms with Crippen LogP contribution in [-0.2, 0) is 9.53 Å². The minimum Gasteiger partial charge on any atom is -0.466 e. The first-order valence-electron chi connectivity index (χ1n) is 7.31. The molecule has 0 bridgehead atoms. The minimum absolute atomic E-state index is 0.0644. The van der Waals surface area contributed by atoms with Gasteiger partial charge in [-0.05, 0) is 32.6 Å². The number of ether oxygens (including phenoxy) is 1. The highest BCUT2D eigenvalue weighted by Gasteiger charge is 2.28. The molecule has 1 heterocycles. The van der Waals surface area contributed by atoms with Crippen molar-refractivity contribution in [2.45, 2.75) is 39.2 Å². The molecule has 1 aliphatic carbocycles. The van der Waals surface area contributed by atoms with Crippen LogP contribution in [-0.4, -0.2) is 61.1 Å². The van der Waals surface area contributed by atoms with E-state index in [4.69, 9.17) is 4.74 Å². The molecule has 4 nitrogen and oxygen atoms in total. The van der Waals surface area contributed by atoms with E-state index in [1.807, 2.05) is 6.92 Å². The number of nitrogens with zero attached hydrogens (tertiary/aromatic N) is 2. The quantitative estimate of drug-likeness (QED) is 0.670. The van der Waals surface area contributed by atoms with Gasteiger partial charge < -0.3 is 9.64 Å². The van der Waals surface area contributed by atoms with Crippen LogP contribution in [0.2, 0.25) is 0 Å². The molecule has 0 radical (unpaired) electrons. The van der Waals surface area contributed by atoms with Gasteiger partial charge in [0, 0.05) is 38.8 Å². The molecule has 0 N–H and O–H groups in total. The summed E-state index contributed by atoms with van der Waals surface area (Å²) in [5.41, 5.74) is 0. The highest BCUT2D eigenvalue weighted by molar-refractivity contribution is 5.70. The molecule has 4 heteroatoms. The van der Waals surface area contributed by atoms with Crippen LogP contribution in [0.15, 0.2) is 0 Å². The lowest BCUT2D eigenvalue weighted by Crippen LogP contribution is -2.50. The molecular weight excluding hydrogens is 228 g/mol. The molecule has 0 aromatic heterocycles. The number of carbonyl (C=O) groups is 1. The largest absolute Gasteiger partial charge is 0.466 e. The van der Waals surface area contributed by atoms with Gasteiger partial charge in [0.15, 0.2) is 0 Å². The summed E-state index contributed by atoms with van der Waals surface area (Å²) in [5, 5.41) is 0. The van der Waals surface area contributed by atoms with Crippen molar-refractivity contribution >= 4 is 5.97 Å². The first-order chi connectivity index (χ1) is 8.69. The van der Waals surface area contributed by atoms with Gasteiger partial charge in [0.05, 0.1) is 13.0 Å². The molecular formula is C14H26N2O2. The van der Waals surface area contributed by atoms with E-state index in [0.29, 0.717) is 19.1 Å². The van der Waals surface area contributed by atoms with E-state index in [0.717, 1.165) is 32.1 Å². The van der Waals surface area contributed by atoms with Crippen molar-refractivity contribution in [3.05, 3.63) is 0 Å². The number of hydrogen-bond acceptors (Lipinski definition) is 4. The zero-order chi connectivity index (χ0) is 13.0. The maximum Gasteiger partial charge on any atom is 0.307 e. The smallest absolute Gasteiger partial charge is 0.307 e. The fraction of sp³-hybridized carbons (Fsp3) is 0.929. The molecule has 0 aromatic rings. The van der Waals surface area contributed by atoms with Crippen LogP contribution >= 0.6 is 0 Å². The molecule has 104 valence electrons. The Labute approximate surface area is 110 Å². The Bertz CT molecular complexity index is 271. The third-order valence-electron chi connectivity index (χ3n) is 4.01. The summed E-state index contributed by atoms with van der Waals surface area (Å²) in [4.78, 5) is 16.4. The molecule has 2 aliphatic rings. The van der Waals surface area contributed by atoms with E-state index in [1.54, 1.807) is 0 Å². The zero-order valence-corrected chi connectivity index (χ0v) is 11.7. The second kappa shape index (κ2) is 6.53. The lowest BCUT2D eigenvalue weighted by molar-refractivity contribution is -0.144. The lowest BCUT2D eigenvalue weighted by atomic mass is 10.1. The molecule has 1 atom stereocenters. The summed E-state index contributed by atoms with van der Waals surface area (Å²) in [7, 11) is 0. The predicted molar refractivity (Wildman–Crippen MR) is 71.4 cm³/mol. The van der Waals surface area contributed by atoms with Gasteiger partial charge in [0.25, 0.3) is 0 Å². The van der Waals surface area contributed by atoms with Crippen molar-refractivity contribution in [2.75, 3.05) is 39.3 Å². The average Bonchev–Trinajstić information content (AvgIpc) is 3.14. The van der Waals surface area contributed by atoms with E-state index in [1.165, 1.54) is 19.4 Å². The van der Waals surface area contributed by atoms with Crippen molar-refractivity contribution in [1.29, 1.82) is 0 Å². The van der Waals surface area contributed by atoms with Gasteiger partial charge >= 0.3 is 5.97 Å². The number of hydrogen-bond donors (Lipinski definition) is 0. The average molecular weight is 254 g/mol. The molecule has 1 aliphatic heterocycles. The number of carbonyl (C=O) groups excluding carboxylic acids is 1. The third kappa shape index (κ3) is 4.25. The summed E-state index contributed by atoms with van der Waals surface area (Å²) in [6.07, 6.45) is 3.38. The molecule has 2 fully saturated rings. The van der Waals surface area contributed by atoms with Crippen LogP contribution in [0.3, 0.4) is 0 Å². The topological polar surface area (TPSA) is 32.8 Å². The maximum atomic E-state index is 11.5. The predicted octanol–water partition coefficient (Wildman–Crippen LogP) is 1.36. The van der Waals surface area contributed by atoms with Gasteiger partial charge in [0.2, 0.25) is 0 Å². The van der Waals surface area contributed by atoms with Crippen LogP contribution < -0.4 is 0 Å². The van der Waals surface area contributed by atoms with E-state index in [2.05, 4.69) is 16.7 Å². The van der Waals surface area contributed by atoms with Crippen LogP contribution in [0.25, 0.3) is 0 Å². The Morgan fingerprint density at radius 1 is 1.28 bits per heavy atom. The Kier molecular flexibility index (Phi) is 5.01. The van der Waals surface area contributed by atoms with Gasteiger partial charge in [-0.1, -0.05) is 0 Å². The van der Waals surface area contributed by atoms with Crippen LogP contribution in [0.5, 0.6) is 0 Å². The lowest BCUT2D eigenvalue weighted by Gasteiger charge is -2.37. The van der Waals surface area contributed by atoms with Crippen LogP contribution in [0.1, 0.15) is 33.1 Å². The van der Waals surface area contributed by atoms with E-state index < -0.39 is 0 Å². The number of rotatable bonds is 6. The molecule has 0 amide bonds. The van der Waals surface area contributed by atoms with E-state index >= 15 is 0 Å². The molecule has 18 heavy (non-hydrogen) atoms. The van der Waals surface area contributed by atoms with Crippen molar-refractivity contribution in [3.8, 4) is 0 Å². The first-order valence-corrected chi connectivity index (χ1v) is 7.31. The Morgan fingerprint density at radius 2 is 1.94 bits per heavy atom. The van der Waals surface area contributed by atoms with Crippen molar-refractivity contribution in [2.24, 2.45) is 5.92 Å². The highest BCUT2D eigenvalue weighted by atomic mass is 16.5. The first kappa shape index (κ1) is 13.8. The molecule has 1 unspecified atom stereocenters. The summed E-state index contributed by atoms with van der Waals surface area (Å²) >= 11 is 0. The van der Waals surface area contributed by atoms with E-state index in [-0.39, 0.29) is 5.97 Å². The minimum atomic E-state index is -0.0644. The molecule has 1 saturated heterocycles. The normalized spacial score (nSPS) is 23.9. The molecule has 0 aromatic carbocycles. The molecule has 2 rings (SSSR count). The SMILES string of the molecule is CCOC(=O)CC(C)N1CCN(CC2CC2)CC1. The van der Waals surface area contributed by atoms with Crippen molar-refractivity contribution < 1.29 is 9.53 Å². The number of piperazine rings is 1. The maximum absolute atomic E-state index is 11.5. The second-order valence-electron chi connectivity index (χ2n) is 5.64. The van der Waals surface area contributed by atoms with Gasteiger partial charge in [-0.25, -0.2) is 0 Å². The third-order valence-corrected chi connectivity index (χ3v) is 4.01. The van der Waals surface area contributed by atoms with Gasteiger partial charge in [-0.3, -0.25) is 9.69 Å². The fourth-order valence-electron chi connectivity index (χ4n) is 2.64. The molecule has 1 saturated carbocycles. The zero-order valence-electron chi connectivity index (χ0n) is 11.7. The Balaban J connectivity index is 1.66. The van der Waals surface area contributed by atoms with Crippen molar-refractivity contribution in [3.63, 3.8) is 0 Å². The summed E-state index contributed by atoms with van der Waals surface area (Å²) in [6, 6.07) is 0.312. The van der Waals surface area contributed by atoms with Gasteiger partial charge in [-0.15, -0.1) is 0 Å². The summed E-state index contributed by atoms with van der Waals surface area (Å²) in [5.74, 6) is 0.916. The summed E-state index contributed by atoms with van der Waals surface area (Å²) < 4.78 is 5.01. The van der Waals surface area contributed by atoms with Crippen LogP contribution in [0.4, 0.5) is 0 Å². The Hall–Kier alpha value is -0.610. The van der Waals surface area contributed by atoms with Gasteiger partial charge in [0.1, 0.15) is 0 Å². The summed E-state index contributed by atoms with van der Waals surface area (Å²) in [6.45, 7) is 10.3. The van der Waals surface area contributed by atoms with Crippen molar-refractivity contribution in [1.82, 2.24) is 9.80 Å². The van der Waals surface area contributed by atoms with Crippen LogP contribution in [0, 0.1) is 5.92 Å². The monoisotopic (exact) mass is 254 g/mol. The fourth-order valence-corrected chi connectivity index (χ4v) is 2.64. The number of esters is 1. The van der Waals surface area contributed by atoms with Gasteiger partial charge in [-0.2, -0.15) is 0 Å². The highest BCUT2D eigenvalue weighted by Crippen LogP contribution is 2.30. The Morgan fingerprint density at radius 3 is 2.50 bits per heavy atom. The standard InChI is InChI=1S/C14H26N2O2/c1-3-18-14(17)10-12(2)16-8-6-15(7-9-16)11-13-4-5-13/h12-13H,3-11H2,1-2H3. The van der Waals surface area contributed by atoms with E-state index in [9.17, 15) is 4.79 Å².